The Morgan fingerprint density at radius 1 is 1.16 bits per heavy atom. The van der Waals surface area contributed by atoms with Crippen molar-refractivity contribution >= 4 is 22.4 Å². The number of nitrogens with one attached hydrogen (secondary N) is 1. The van der Waals surface area contributed by atoms with Gasteiger partial charge in [-0.1, -0.05) is 29.8 Å². The van der Waals surface area contributed by atoms with Crippen LogP contribution in [0, 0.1) is 13.8 Å². The first-order chi connectivity index (χ1) is 12.1. The normalized spacial score (nSPS) is 15.8. The highest BCUT2D eigenvalue weighted by Crippen LogP contribution is 2.21. The molecule has 1 aliphatic rings. The van der Waals surface area contributed by atoms with Gasteiger partial charge < -0.3 is 10.2 Å². The highest BCUT2D eigenvalue weighted by molar-refractivity contribution is 7.13. The zero-order valence-corrected chi connectivity index (χ0v) is 15.8. The van der Waals surface area contributed by atoms with Crippen LogP contribution in [0.1, 0.15) is 23.2 Å². The molecule has 2 aromatic rings. The summed E-state index contributed by atoms with van der Waals surface area (Å²) in [6.45, 7) is 8.95. The Morgan fingerprint density at radius 2 is 1.96 bits per heavy atom. The summed E-state index contributed by atoms with van der Waals surface area (Å²) in [5.74, 6) is 0.0964. The highest BCUT2D eigenvalue weighted by Gasteiger charge is 2.18. The van der Waals surface area contributed by atoms with E-state index in [2.05, 4.69) is 56.7 Å². The van der Waals surface area contributed by atoms with Crippen LogP contribution in [0.2, 0.25) is 0 Å². The number of thiazole rings is 1. The number of aryl methyl sites for hydroxylation is 2. The number of anilines is 1. The van der Waals surface area contributed by atoms with Gasteiger partial charge in [-0.2, -0.15) is 0 Å². The molecule has 0 atom stereocenters. The fourth-order valence-electron chi connectivity index (χ4n) is 2.97. The molecule has 5 nitrogen and oxygen atoms in total. The Kier molecular flexibility index (Phi) is 6.04. The van der Waals surface area contributed by atoms with Gasteiger partial charge in [0.15, 0.2) is 5.13 Å². The molecule has 134 valence electrons. The lowest BCUT2D eigenvalue weighted by Crippen LogP contribution is -2.39. The van der Waals surface area contributed by atoms with E-state index in [0.29, 0.717) is 13.1 Å². The quantitative estimate of drug-likeness (QED) is 0.892. The second-order valence-corrected chi connectivity index (χ2v) is 7.49. The van der Waals surface area contributed by atoms with E-state index in [-0.39, 0.29) is 5.91 Å². The van der Waals surface area contributed by atoms with Gasteiger partial charge in [0.1, 0.15) is 0 Å². The van der Waals surface area contributed by atoms with Crippen molar-refractivity contribution in [2.24, 2.45) is 0 Å². The van der Waals surface area contributed by atoms with Crippen LogP contribution >= 0.6 is 11.3 Å². The molecule has 3 rings (SSSR count). The van der Waals surface area contributed by atoms with Crippen molar-refractivity contribution in [1.82, 2.24) is 15.2 Å². The molecule has 6 heteroatoms. The molecule has 1 aromatic carbocycles. The van der Waals surface area contributed by atoms with E-state index in [0.717, 1.165) is 49.0 Å². The lowest BCUT2D eigenvalue weighted by atomic mass is 10.1. The van der Waals surface area contributed by atoms with Crippen LogP contribution in [0.5, 0.6) is 0 Å². The van der Waals surface area contributed by atoms with Crippen molar-refractivity contribution in [2.75, 3.05) is 37.6 Å². The number of aromatic nitrogens is 1. The van der Waals surface area contributed by atoms with Gasteiger partial charge in [-0.15, -0.1) is 11.3 Å². The third kappa shape index (κ3) is 5.28. The van der Waals surface area contributed by atoms with Crippen LogP contribution in [-0.2, 0) is 11.3 Å². The van der Waals surface area contributed by atoms with Gasteiger partial charge in [-0.3, -0.25) is 9.69 Å². The summed E-state index contributed by atoms with van der Waals surface area (Å²) in [7, 11) is 0. The molecular formula is C19H26N4OS. The predicted octanol–water partition coefficient (Wildman–Crippen LogP) is 2.59. The second kappa shape index (κ2) is 8.45. The molecule has 1 amide bonds. The molecule has 0 saturated carbocycles. The van der Waals surface area contributed by atoms with Gasteiger partial charge in [0, 0.05) is 38.1 Å². The van der Waals surface area contributed by atoms with Crippen molar-refractivity contribution in [3.63, 3.8) is 0 Å². The molecule has 1 aliphatic heterocycles. The Labute approximate surface area is 153 Å². The van der Waals surface area contributed by atoms with E-state index in [1.807, 2.05) is 6.92 Å². The first-order valence-corrected chi connectivity index (χ1v) is 9.70. The monoisotopic (exact) mass is 358 g/mol. The van der Waals surface area contributed by atoms with E-state index in [1.165, 1.54) is 5.56 Å². The number of benzene rings is 1. The van der Waals surface area contributed by atoms with E-state index in [1.54, 1.807) is 11.3 Å². The minimum Gasteiger partial charge on any atom is -0.351 e. The standard InChI is InChI=1S/C19H26N4OS/c1-15-4-6-17(7-5-15)12-20-18(24)13-22-8-3-9-23(11-10-22)19-21-16(2)14-25-19/h4-7,14H,3,8-13H2,1-2H3,(H,20,24). The van der Waals surface area contributed by atoms with Crippen LogP contribution in [0.25, 0.3) is 0 Å². The Balaban J connectivity index is 1.44. The second-order valence-electron chi connectivity index (χ2n) is 6.65. The van der Waals surface area contributed by atoms with E-state index in [4.69, 9.17) is 0 Å². The van der Waals surface area contributed by atoms with Crippen LogP contribution in [0.4, 0.5) is 5.13 Å². The number of amides is 1. The van der Waals surface area contributed by atoms with Crippen LogP contribution in [0.3, 0.4) is 0 Å². The minimum absolute atomic E-state index is 0.0964. The van der Waals surface area contributed by atoms with Crippen molar-refractivity contribution in [3.05, 3.63) is 46.5 Å². The smallest absolute Gasteiger partial charge is 0.234 e. The summed E-state index contributed by atoms with van der Waals surface area (Å²) >= 11 is 1.70. The fraction of sp³-hybridized carbons (Fsp3) is 0.474. The van der Waals surface area contributed by atoms with Crippen molar-refractivity contribution < 1.29 is 4.79 Å². The summed E-state index contributed by atoms with van der Waals surface area (Å²) in [4.78, 5) is 21.4. The average Bonchev–Trinajstić information content (AvgIpc) is 2.89. The fourth-order valence-corrected chi connectivity index (χ4v) is 3.83. The zero-order valence-electron chi connectivity index (χ0n) is 15.0. The molecule has 0 radical (unpaired) electrons. The molecular weight excluding hydrogens is 332 g/mol. The number of nitrogens with zero attached hydrogens (tertiary/aromatic N) is 3. The number of carbonyl (C=O) groups excluding carboxylic acids is 1. The zero-order chi connectivity index (χ0) is 17.6. The van der Waals surface area contributed by atoms with Crippen LogP contribution in [-0.4, -0.2) is 48.5 Å². The third-order valence-electron chi connectivity index (χ3n) is 4.44. The maximum Gasteiger partial charge on any atom is 0.234 e. The summed E-state index contributed by atoms with van der Waals surface area (Å²) in [6, 6.07) is 8.28. The number of rotatable bonds is 5. The van der Waals surface area contributed by atoms with Gasteiger partial charge >= 0.3 is 0 Å². The van der Waals surface area contributed by atoms with E-state index >= 15 is 0 Å². The topological polar surface area (TPSA) is 48.5 Å². The summed E-state index contributed by atoms with van der Waals surface area (Å²) < 4.78 is 0. The molecule has 1 saturated heterocycles. The summed E-state index contributed by atoms with van der Waals surface area (Å²) in [6.07, 6.45) is 1.06. The van der Waals surface area contributed by atoms with Gasteiger partial charge in [-0.25, -0.2) is 4.98 Å². The van der Waals surface area contributed by atoms with Gasteiger partial charge in [0.05, 0.1) is 12.2 Å². The molecule has 25 heavy (non-hydrogen) atoms. The molecule has 2 heterocycles. The van der Waals surface area contributed by atoms with Gasteiger partial charge in [0.2, 0.25) is 5.91 Å². The minimum atomic E-state index is 0.0964. The molecule has 0 aliphatic carbocycles. The van der Waals surface area contributed by atoms with Crippen molar-refractivity contribution in [1.29, 1.82) is 0 Å². The first kappa shape index (κ1) is 17.9. The lowest BCUT2D eigenvalue weighted by Gasteiger charge is -2.21. The largest absolute Gasteiger partial charge is 0.351 e. The van der Waals surface area contributed by atoms with Gasteiger partial charge in [-0.05, 0) is 25.8 Å². The highest BCUT2D eigenvalue weighted by atomic mass is 32.1. The predicted molar refractivity (Wildman–Crippen MR) is 103 cm³/mol. The van der Waals surface area contributed by atoms with Crippen LogP contribution in [0.15, 0.2) is 29.6 Å². The Bertz CT molecular complexity index is 698. The number of hydrogen-bond acceptors (Lipinski definition) is 5. The number of hydrogen-bond donors (Lipinski definition) is 1. The lowest BCUT2D eigenvalue weighted by molar-refractivity contribution is -0.122. The maximum atomic E-state index is 12.2. The first-order valence-electron chi connectivity index (χ1n) is 8.82. The van der Waals surface area contributed by atoms with Crippen LogP contribution < -0.4 is 10.2 Å². The van der Waals surface area contributed by atoms with Crippen molar-refractivity contribution in [3.8, 4) is 0 Å². The molecule has 0 unspecified atom stereocenters. The summed E-state index contributed by atoms with van der Waals surface area (Å²) in [5, 5.41) is 6.22. The van der Waals surface area contributed by atoms with E-state index in [9.17, 15) is 4.79 Å². The summed E-state index contributed by atoms with van der Waals surface area (Å²) in [5.41, 5.74) is 3.45. The average molecular weight is 359 g/mol. The van der Waals surface area contributed by atoms with Crippen molar-refractivity contribution in [2.45, 2.75) is 26.8 Å². The molecule has 1 aromatic heterocycles. The molecule has 0 spiro atoms. The third-order valence-corrected chi connectivity index (χ3v) is 5.46. The molecule has 1 fully saturated rings. The molecule has 0 bridgehead atoms. The maximum absolute atomic E-state index is 12.2. The van der Waals surface area contributed by atoms with E-state index < -0.39 is 0 Å². The van der Waals surface area contributed by atoms with Gasteiger partial charge in [0.25, 0.3) is 0 Å². The Hall–Kier alpha value is -1.92. The molecule has 1 N–H and O–H groups in total. The number of carbonyl (C=O) groups is 1. The Morgan fingerprint density at radius 3 is 2.68 bits per heavy atom. The SMILES string of the molecule is Cc1ccc(CNC(=O)CN2CCCN(c3nc(C)cs3)CC2)cc1.